The van der Waals surface area contributed by atoms with E-state index in [-0.39, 0.29) is 36.6 Å². The molecule has 2 saturated heterocycles. The van der Waals surface area contributed by atoms with E-state index in [9.17, 15) is 13.4 Å². The standard InChI is InChI=1S/C26H29FN4O6S/c1-34-12-16-9-18(31-38(2,33)19-5-7-35-8-6-19)11-21-25(16)26(29-15-28-21)30-20-4-3-17(27)10-23(20)37-24-14-36-13-22(24)32/h3-4,9-11,15,19,24H,5-8,12-14H2,1-2H3,(H,28,29,30)/t24-,38?/m0/s1. The van der Waals surface area contributed by atoms with Crippen LogP contribution in [0.25, 0.3) is 10.9 Å². The first kappa shape index (κ1) is 26.4. The maximum absolute atomic E-state index is 14.1. The topological polar surface area (TPSA) is 121 Å². The highest BCUT2D eigenvalue weighted by Crippen LogP contribution is 2.35. The number of rotatable bonds is 8. The van der Waals surface area contributed by atoms with Gasteiger partial charge in [-0.15, -0.1) is 0 Å². The molecule has 3 aromatic rings. The fourth-order valence-electron chi connectivity index (χ4n) is 4.60. The Morgan fingerprint density at radius 1 is 1.18 bits per heavy atom. The molecule has 2 aliphatic heterocycles. The number of benzene rings is 2. The summed E-state index contributed by atoms with van der Waals surface area (Å²) in [5.74, 6) is -0.133. The van der Waals surface area contributed by atoms with Crippen LogP contribution >= 0.6 is 0 Å². The number of carbonyl (C=O) groups excluding carboxylic acids is 1. The molecule has 2 fully saturated rings. The summed E-state index contributed by atoms with van der Waals surface area (Å²) in [5, 5.41) is 3.82. The van der Waals surface area contributed by atoms with Crippen LogP contribution < -0.4 is 10.1 Å². The highest BCUT2D eigenvalue weighted by Gasteiger charge is 2.28. The number of ether oxygens (including phenoxy) is 4. The van der Waals surface area contributed by atoms with Gasteiger partial charge in [0.2, 0.25) is 5.78 Å². The third-order valence-corrected chi connectivity index (χ3v) is 8.80. The number of carbonyl (C=O) groups is 1. The number of nitrogens with one attached hydrogen (secondary N) is 1. The van der Waals surface area contributed by atoms with Crippen molar-refractivity contribution in [2.24, 2.45) is 4.36 Å². The fraction of sp³-hybridized carbons (Fsp3) is 0.423. The van der Waals surface area contributed by atoms with Crippen LogP contribution in [0.2, 0.25) is 0 Å². The Balaban J connectivity index is 1.53. The van der Waals surface area contributed by atoms with Gasteiger partial charge >= 0.3 is 0 Å². The molecule has 1 N–H and O–H groups in total. The summed E-state index contributed by atoms with van der Waals surface area (Å²) >= 11 is 0. The molecule has 2 atom stereocenters. The fourth-order valence-corrected chi connectivity index (χ4v) is 6.34. The van der Waals surface area contributed by atoms with Crippen LogP contribution in [0.4, 0.5) is 21.6 Å². The second-order valence-corrected chi connectivity index (χ2v) is 11.8. The van der Waals surface area contributed by atoms with Crippen molar-refractivity contribution >= 4 is 43.6 Å². The van der Waals surface area contributed by atoms with Gasteiger partial charge in [-0.2, -0.15) is 4.36 Å². The van der Waals surface area contributed by atoms with Crippen molar-refractivity contribution in [3.8, 4) is 5.75 Å². The lowest BCUT2D eigenvalue weighted by Gasteiger charge is -2.23. The summed E-state index contributed by atoms with van der Waals surface area (Å²) in [6, 6.07) is 7.59. The van der Waals surface area contributed by atoms with E-state index in [1.54, 1.807) is 19.4 Å². The van der Waals surface area contributed by atoms with Gasteiger partial charge in [0.25, 0.3) is 0 Å². The monoisotopic (exact) mass is 544 g/mol. The molecule has 1 aromatic heterocycles. The lowest BCUT2D eigenvalue weighted by atomic mass is 10.1. The zero-order chi connectivity index (χ0) is 26.7. The van der Waals surface area contributed by atoms with Crippen molar-refractivity contribution in [2.75, 3.05) is 45.1 Å². The van der Waals surface area contributed by atoms with Crippen LogP contribution in [0.15, 0.2) is 41.0 Å². The first-order chi connectivity index (χ1) is 18.3. The van der Waals surface area contributed by atoms with Gasteiger partial charge < -0.3 is 24.3 Å². The Labute approximate surface area is 220 Å². The molecule has 202 valence electrons. The first-order valence-corrected chi connectivity index (χ1v) is 14.2. The minimum absolute atomic E-state index is 0.0360. The van der Waals surface area contributed by atoms with E-state index in [0.717, 1.165) is 5.56 Å². The number of aromatic nitrogens is 2. The molecular weight excluding hydrogens is 515 g/mol. The molecule has 12 heteroatoms. The molecule has 10 nitrogen and oxygen atoms in total. The molecule has 0 radical (unpaired) electrons. The maximum atomic E-state index is 14.1. The van der Waals surface area contributed by atoms with E-state index < -0.39 is 21.7 Å². The van der Waals surface area contributed by atoms with E-state index in [2.05, 4.69) is 19.6 Å². The predicted octanol–water partition coefficient (Wildman–Crippen LogP) is 3.91. The number of Topliss-reactive ketones (excluding diaryl/α,β-unsaturated/α-hetero) is 1. The smallest absolute Gasteiger partial charge is 0.201 e. The molecule has 0 spiro atoms. The van der Waals surface area contributed by atoms with E-state index >= 15 is 0 Å². The van der Waals surface area contributed by atoms with Gasteiger partial charge in [-0.05, 0) is 42.7 Å². The number of anilines is 2. The normalized spacial score (nSPS) is 19.9. The van der Waals surface area contributed by atoms with Crippen LogP contribution in [-0.2, 0) is 35.3 Å². The van der Waals surface area contributed by atoms with Crippen LogP contribution in [-0.4, -0.2) is 71.1 Å². The second kappa shape index (κ2) is 11.3. The average molecular weight is 545 g/mol. The molecule has 1 unspecified atom stereocenters. The number of halogens is 1. The molecule has 3 heterocycles. The molecular formula is C26H29FN4O6S. The van der Waals surface area contributed by atoms with Gasteiger partial charge in [0.15, 0.2) is 6.10 Å². The van der Waals surface area contributed by atoms with Gasteiger partial charge in [-0.3, -0.25) is 4.79 Å². The van der Waals surface area contributed by atoms with Crippen molar-refractivity contribution < 1.29 is 32.3 Å². The maximum Gasteiger partial charge on any atom is 0.201 e. The molecule has 0 bridgehead atoms. The third kappa shape index (κ3) is 5.78. The average Bonchev–Trinajstić information content (AvgIpc) is 3.30. The van der Waals surface area contributed by atoms with Gasteiger partial charge in [-0.1, -0.05) is 0 Å². The SMILES string of the molecule is COCc1cc(N=S(C)(=O)C2CCOCC2)cc2ncnc(Nc3ccc(F)cc3O[C@H]3COCC3=O)c12. The zero-order valence-corrected chi connectivity index (χ0v) is 22.0. The summed E-state index contributed by atoms with van der Waals surface area (Å²) in [6.07, 6.45) is 3.67. The van der Waals surface area contributed by atoms with Gasteiger partial charge in [0.05, 0.1) is 39.8 Å². The van der Waals surface area contributed by atoms with Crippen molar-refractivity contribution in [1.29, 1.82) is 0 Å². The molecule has 38 heavy (non-hydrogen) atoms. The van der Waals surface area contributed by atoms with E-state index in [1.165, 1.54) is 24.5 Å². The van der Waals surface area contributed by atoms with Crippen molar-refractivity contribution in [2.45, 2.75) is 30.8 Å². The van der Waals surface area contributed by atoms with E-state index in [4.69, 9.17) is 18.9 Å². The van der Waals surface area contributed by atoms with Gasteiger partial charge in [0, 0.05) is 43.3 Å². The number of hydrogen-bond acceptors (Lipinski definition) is 10. The second-order valence-electron chi connectivity index (χ2n) is 9.27. The summed E-state index contributed by atoms with van der Waals surface area (Å²) in [6.45, 7) is 1.45. The van der Waals surface area contributed by atoms with E-state index in [0.29, 0.717) is 54.2 Å². The van der Waals surface area contributed by atoms with Crippen LogP contribution in [0.1, 0.15) is 18.4 Å². The Hall–Kier alpha value is -3.19. The minimum Gasteiger partial charge on any atom is -0.478 e. The van der Waals surface area contributed by atoms with Gasteiger partial charge in [0.1, 0.15) is 30.3 Å². The molecule has 5 rings (SSSR count). The molecule has 0 aliphatic carbocycles. The first-order valence-electron chi connectivity index (χ1n) is 12.2. The highest BCUT2D eigenvalue weighted by molar-refractivity contribution is 7.93. The van der Waals surface area contributed by atoms with Crippen molar-refractivity contribution in [3.05, 3.63) is 48.0 Å². The third-order valence-electron chi connectivity index (χ3n) is 6.52. The van der Waals surface area contributed by atoms with Crippen LogP contribution in [0.5, 0.6) is 5.75 Å². The number of nitrogens with zero attached hydrogens (tertiary/aromatic N) is 3. The van der Waals surface area contributed by atoms with Crippen molar-refractivity contribution in [3.63, 3.8) is 0 Å². The number of fused-ring (bicyclic) bond motifs is 1. The molecule has 2 aromatic carbocycles. The Morgan fingerprint density at radius 2 is 2.00 bits per heavy atom. The number of ketones is 1. The summed E-state index contributed by atoms with van der Waals surface area (Å²) in [5.41, 5.74) is 2.26. The van der Waals surface area contributed by atoms with Crippen LogP contribution in [0.3, 0.4) is 0 Å². The number of hydrogen-bond donors (Lipinski definition) is 1. The molecule has 0 amide bonds. The predicted molar refractivity (Wildman–Crippen MR) is 140 cm³/mol. The van der Waals surface area contributed by atoms with Crippen molar-refractivity contribution in [1.82, 2.24) is 9.97 Å². The zero-order valence-electron chi connectivity index (χ0n) is 21.1. The quantitative estimate of drug-likeness (QED) is 0.450. The lowest BCUT2D eigenvalue weighted by molar-refractivity contribution is -0.122. The molecule has 2 aliphatic rings. The minimum atomic E-state index is -2.52. The Morgan fingerprint density at radius 3 is 2.74 bits per heavy atom. The Kier molecular flexibility index (Phi) is 7.84. The summed E-state index contributed by atoms with van der Waals surface area (Å²) in [7, 11) is -0.942. The highest BCUT2D eigenvalue weighted by atomic mass is 32.2. The molecule has 0 saturated carbocycles. The summed E-state index contributed by atoms with van der Waals surface area (Å²) < 4.78 is 54.0. The summed E-state index contributed by atoms with van der Waals surface area (Å²) in [4.78, 5) is 20.9. The lowest BCUT2D eigenvalue weighted by Crippen LogP contribution is -2.27. The van der Waals surface area contributed by atoms with E-state index in [1.807, 2.05) is 6.07 Å². The number of methoxy groups -OCH3 is 1. The largest absolute Gasteiger partial charge is 0.478 e. The van der Waals surface area contributed by atoms with Gasteiger partial charge in [-0.25, -0.2) is 18.6 Å². The van der Waals surface area contributed by atoms with Crippen LogP contribution in [0, 0.1) is 5.82 Å². The Bertz CT molecular complexity index is 1470.